The zero-order valence-corrected chi connectivity index (χ0v) is 15.2. The van der Waals surface area contributed by atoms with Gasteiger partial charge in [0.1, 0.15) is 17.3 Å². The highest BCUT2D eigenvalue weighted by molar-refractivity contribution is 6.05. The number of hydrogen-bond acceptors (Lipinski definition) is 9. The van der Waals surface area contributed by atoms with Crippen molar-refractivity contribution in [3.63, 3.8) is 0 Å². The highest BCUT2D eigenvalue weighted by Crippen LogP contribution is 2.43. The van der Waals surface area contributed by atoms with Crippen molar-refractivity contribution in [2.24, 2.45) is 10.7 Å². The number of nitrogen functional groups attached to an aromatic ring is 1. The van der Waals surface area contributed by atoms with E-state index in [9.17, 15) is 18.0 Å². The summed E-state index contributed by atoms with van der Waals surface area (Å²) in [5.74, 6) is -7.46. The van der Waals surface area contributed by atoms with E-state index in [-0.39, 0.29) is 5.82 Å². The molecule has 0 aromatic carbocycles. The summed E-state index contributed by atoms with van der Waals surface area (Å²) in [5.41, 5.74) is 7.15. The van der Waals surface area contributed by atoms with E-state index in [1.54, 1.807) is 0 Å². The fourth-order valence-corrected chi connectivity index (χ4v) is 2.56. The molecule has 2 aromatic heterocycles. The maximum atomic E-state index is 14.5. The van der Waals surface area contributed by atoms with E-state index in [0.29, 0.717) is 0 Å². The van der Waals surface area contributed by atoms with Gasteiger partial charge in [0, 0.05) is 4.11 Å². The van der Waals surface area contributed by atoms with Gasteiger partial charge in [0.25, 0.3) is 11.9 Å². The Labute approximate surface area is 175 Å². The second-order valence-corrected chi connectivity index (χ2v) is 6.14. The summed E-state index contributed by atoms with van der Waals surface area (Å²) in [6, 6.07) is 1.17. The second-order valence-electron chi connectivity index (χ2n) is 6.14. The van der Waals surface area contributed by atoms with Crippen LogP contribution in [0.5, 0.6) is 5.88 Å². The maximum Gasteiger partial charge on any atom is 0.311 e. The molecule has 0 spiro atoms. The number of nitrogens with one attached hydrogen (secondary N) is 1. The van der Waals surface area contributed by atoms with Gasteiger partial charge < -0.3 is 26.3 Å². The molecule has 2 aromatic rings. The number of amides is 1. The van der Waals surface area contributed by atoms with Crippen molar-refractivity contribution in [3.05, 3.63) is 35.5 Å². The van der Waals surface area contributed by atoms with E-state index in [2.05, 4.69) is 34.7 Å². The number of ether oxygens (including phenoxy) is 2. The number of alkyl halides is 2. The Bertz CT molecular complexity index is 1200. The number of halogens is 3. The lowest BCUT2D eigenvalue weighted by Crippen LogP contribution is -2.51. The monoisotopic (exact) mass is 430 g/mol. The largest absolute Gasteiger partial charge is 0.477 e. The van der Waals surface area contributed by atoms with Crippen LogP contribution in [0.3, 0.4) is 0 Å². The quantitative estimate of drug-likeness (QED) is 0.645. The molecule has 3 rings (SSSR count). The van der Waals surface area contributed by atoms with Crippen molar-refractivity contribution < 1.29 is 34.3 Å². The van der Waals surface area contributed by atoms with Crippen molar-refractivity contribution >= 4 is 23.6 Å². The third-order valence-corrected chi connectivity index (χ3v) is 4.14. The standard InChI is InChI=1S/C17H18F3N7O3/c1-3-29-10-6-23-11(13(21)26-10)14(28)25-9-5-4-8(18)12(24-9)16(2)17(19,20)7-30-15(22)27-16/h4-6H,3,7H2,1-2H3,(H2,21,26)(H2,22,27)(H,24,25,28)/i1D3,3D2. The van der Waals surface area contributed by atoms with Gasteiger partial charge in [0.15, 0.2) is 23.7 Å². The molecule has 0 radical (unpaired) electrons. The van der Waals surface area contributed by atoms with Crippen molar-refractivity contribution in [2.75, 3.05) is 24.2 Å². The van der Waals surface area contributed by atoms with Crippen LogP contribution in [0, 0.1) is 5.82 Å². The molecular formula is C17H18F3N7O3. The van der Waals surface area contributed by atoms with Gasteiger partial charge >= 0.3 is 5.92 Å². The minimum Gasteiger partial charge on any atom is -0.477 e. The van der Waals surface area contributed by atoms with E-state index in [4.69, 9.17) is 18.3 Å². The molecular weight excluding hydrogens is 407 g/mol. The smallest absolute Gasteiger partial charge is 0.311 e. The Morgan fingerprint density at radius 3 is 2.90 bits per heavy atom. The average molecular weight is 430 g/mol. The normalized spacial score (nSPS) is 23.5. The van der Waals surface area contributed by atoms with Crippen molar-refractivity contribution in [1.29, 1.82) is 0 Å². The molecule has 1 unspecified atom stereocenters. The molecule has 0 bridgehead atoms. The van der Waals surface area contributed by atoms with E-state index in [1.807, 2.05) is 0 Å². The minimum absolute atomic E-state index is 0.371. The van der Waals surface area contributed by atoms with Gasteiger partial charge in [-0.1, -0.05) is 0 Å². The van der Waals surface area contributed by atoms with Gasteiger partial charge in [-0.15, -0.1) is 0 Å². The molecule has 13 heteroatoms. The molecule has 5 N–H and O–H groups in total. The molecule has 160 valence electrons. The number of aliphatic imine (C=N–C) groups is 1. The molecule has 1 atom stereocenters. The van der Waals surface area contributed by atoms with E-state index >= 15 is 0 Å². The van der Waals surface area contributed by atoms with Gasteiger partial charge in [0.05, 0.1) is 15.5 Å². The van der Waals surface area contributed by atoms with Gasteiger partial charge in [-0.3, -0.25) is 4.79 Å². The van der Waals surface area contributed by atoms with Gasteiger partial charge in [-0.25, -0.2) is 19.4 Å². The predicted molar refractivity (Wildman–Crippen MR) is 99.6 cm³/mol. The van der Waals surface area contributed by atoms with Gasteiger partial charge in [-0.2, -0.15) is 13.8 Å². The first-order valence-electron chi connectivity index (χ1n) is 10.6. The number of nitrogens with two attached hydrogens (primary N) is 2. The lowest BCUT2D eigenvalue weighted by molar-refractivity contribution is -0.118. The van der Waals surface area contributed by atoms with Crippen LogP contribution in [0.15, 0.2) is 23.3 Å². The Hall–Kier alpha value is -3.64. The number of amidine groups is 1. The average Bonchev–Trinajstić information content (AvgIpc) is 2.71. The van der Waals surface area contributed by atoms with Crippen LogP contribution in [0.2, 0.25) is 0 Å². The van der Waals surface area contributed by atoms with Crippen molar-refractivity contribution in [1.82, 2.24) is 15.0 Å². The van der Waals surface area contributed by atoms with Crippen LogP contribution in [-0.4, -0.2) is 46.0 Å². The first kappa shape index (κ1) is 15.2. The summed E-state index contributed by atoms with van der Waals surface area (Å²) in [7, 11) is 0. The summed E-state index contributed by atoms with van der Waals surface area (Å²) in [6.45, 7) is -6.55. The lowest BCUT2D eigenvalue weighted by atomic mass is 9.89. The highest BCUT2D eigenvalue weighted by atomic mass is 19.3. The number of aromatic nitrogens is 3. The Balaban J connectivity index is 1.87. The molecule has 1 aliphatic heterocycles. The Morgan fingerprint density at radius 1 is 1.43 bits per heavy atom. The van der Waals surface area contributed by atoms with Crippen LogP contribution in [0.1, 0.15) is 36.8 Å². The van der Waals surface area contributed by atoms with E-state index in [0.717, 1.165) is 25.3 Å². The third kappa shape index (κ3) is 3.77. The summed E-state index contributed by atoms with van der Waals surface area (Å²) < 4.78 is 89.0. The molecule has 3 heterocycles. The number of anilines is 2. The van der Waals surface area contributed by atoms with Crippen molar-refractivity contribution in [3.8, 4) is 5.88 Å². The lowest BCUT2D eigenvalue weighted by Gasteiger charge is -2.36. The number of nitrogens with zero attached hydrogens (tertiary/aromatic N) is 4. The fraction of sp³-hybridized carbons (Fsp3) is 0.353. The van der Waals surface area contributed by atoms with Crippen molar-refractivity contribution in [2.45, 2.75) is 25.2 Å². The SMILES string of the molecule is [2H]C([2H])([2H])C([2H])([2H])Oc1cnc(C(=O)Nc2ccc(F)c(C3(C)N=C(N)OCC3(F)F)n2)c(N)n1. The number of carbonyl (C=O) groups excluding carboxylic acids is 1. The molecule has 30 heavy (non-hydrogen) atoms. The Kier molecular flexibility index (Phi) is 3.88. The summed E-state index contributed by atoms with van der Waals surface area (Å²) >= 11 is 0. The number of pyridine rings is 1. The van der Waals surface area contributed by atoms with Crippen LogP contribution in [0.25, 0.3) is 0 Å². The molecule has 0 aliphatic carbocycles. The van der Waals surface area contributed by atoms with E-state index < -0.39 is 72.3 Å². The predicted octanol–water partition coefficient (Wildman–Crippen LogP) is 1.44. The molecule has 0 saturated heterocycles. The summed E-state index contributed by atoms with van der Waals surface area (Å²) in [6.07, 6.45) is 0.749. The first-order valence-corrected chi connectivity index (χ1v) is 8.13. The van der Waals surface area contributed by atoms with Crippen LogP contribution in [-0.2, 0) is 10.3 Å². The molecule has 0 saturated carbocycles. The summed E-state index contributed by atoms with van der Waals surface area (Å²) in [5, 5.41) is 2.19. The number of hydrogen-bond donors (Lipinski definition) is 3. The van der Waals surface area contributed by atoms with E-state index in [1.165, 1.54) is 0 Å². The zero-order valence-electron chi connectivity index (χ0n) is 20.2. The zero-order chi connectivity index (χ0) is 26.4. The molecule has 1 amide bonds. The molecule has 10 nitrogen and oxygen atoms in total. The second kappa shape index (κ2) is 7.65. The fourth-order valence-electron chi connectivity index (χ4n) is 2.56. The number of rotatable bonds is 5. The molecule has 1 aliphatic rings. The highest BCUT2D eigenvalue weighted by Gasteiger charge is 2.57. The first-order chi connectivity index (χ1) is 16.0. The number of carbonyl (C=O) groups is 1. The summed E-state index contributed by atoms with van der Waals surface area (Å²) in [4.78, 5) is 27.1. The minimum atomic E-state index is -3.70. The van der Waals surface area contributed by atoms with Crippen LogP contribution in [0.4, 0.5) is 24.8 Å². The topological polar surface area (TPSA) is 151 Å². The third-order valence-electron chi connectivity index (χ3n) is 4.14. The van der Waals surface area contributed by atoms with Crippen LogP contribution < -0.4 is 21.5 Å². The van der Waals surface area contributed by atoms with Crippen LogP contribution >= 0.6 is 0 Å². The molecule has 0 fully saturated rings. The van der Waals surface area contributed by atoms with Gasteiger partial charge in [-0.05, 0) is 25.9 Å². The van der Waals surface area contributed by atoms with Gasteiger partial charge in [0.2, 0.25) is 5.88 Å². The maximum absolute atomic E-state index is 14.5. The Morgan fingerprint density at radius 2 is 2.20 bits per heavy atom.